The summed E-state index contributed by atoms with van der Waals surface area (Å²) in [5.74, 6) is -4.14. The van der Waals surface area contributed by atoms with Gasteiger partial charge in [-0.05, 0) is 41.5 Å². The molecule has 0 fully saturated rings. The topological polar surface area (TPSA) is 145 Å². The lowest BCUT2D eigenvalue weighted by Gasteiger charge is -2.16. The van der Waals surface area contributed by atoms with E-state index in [9.17, 15) is 28.8 Å². The summed E-state index contributed by atoms with van der Waals surface area (Å²) in [6.45, 7) is 6.88. The summed E-state index contributed by atoms with van der Waals surface area (Å²) in [5, 5.41) is 4.46. The molecule has 198 valence electrons. The van der Waals surface area contributed by atoms with Crippen LogP contribution in [0, 0.1) is 0 Å². The fourth-order valence-electron chi connectivity index (χ4n) is 4.72. The molecule has 10 heteroatoms. The van der Waals surface area contributed by atoms with E-state index >= 15 is 0 Å². The number of carbonyl (C=O) groups is 6. The van der Waals surface area contributed by atoms with Crippen molar-refractivity contribution in [3.8, 4) is 22.3 Å². The highest BCUT2D eigenvalue weighted by atomic mass is 16.5. The molecule has 0 saturated carbocycles. The Morgan fingerprint density at radius 2 is 1.05 bits per heavy atom. The molecule has 0 atom stereocenters. The maximum Gasteiger partial charge on any atom is 0.339 e. The third kappa shape index (κ3) is 4.27. The van der Waals surface area contributed by atoms with Crippen LogP contribution in [0.1, 0.15) is 62.1 Å². The number of carbonyl (C=O) groups excluding carboxylic acids is 6. The van der Waals surface area contributed by atoms with Gasteiger partial charge in [0, 0.05) is 11.1 Å². The lowest BCUT2D eigenvalue weighted by Crippen LogP contribution is -2.20. The van der Waals surface area contributed by atoms with Gasteiger partial charge in [0.15, 0.2) is 0 Å². The Morgan fingerprint density at radius 3 is 1.45 bits per heavy atom. The highest BCUT2D eigenvalue weighted by Gasteiger charge is 2.35. The molecule has 2 aliphatic heterocycles. The summed E-state index contributed by atoms with van der Waals surface area (Å²) in [6, 6.07) is 11.8. The lowest BCUT2D eigenvalue weighted by molar-refractivity contribution is 0.0541. The molecule has 0 spiro atoms. The minimum absolute atomic E-state index is 0.0134. The van der Waals surface area contributed by atoms with Gasteiger partial charge in [0.1, 0.15) is 13.2 Å². The summed E-state index contributed by atoms with van der Waals surface area (Å²) in [6.07, 6.45) is 2.77. The first-order chi connectivity index (χ1) is 19.3. The van der Waals surface area contributed by atoms with Crippen LogP contribution in [-0.4, -0.2) is 48.8 Å². The summed E-state index contributed by atoms with van der Waals surface area (Å²) in [5.41, 5.74) is 1.02. The third-order valence-corrected chi connectivity index (χ3v) is 6.35. The molecule has 3 aromatic carbocycles. The number of nitrogens with one attached hydrogen (secondary N) is 2. The second-order valence-corrected chi connectivity index (χ2v) is 8.74. The minimum atomic E-state index is -0.755. The highest BCUT2D eigenvalue weighted by molar-refractivity contribution is 6.27. The molecular weight excluding hydrogens is 516 g/mol. The van der Waals surface area contributed by atoms with Crippen LogP contribution in [0.25, 0.3) is 22.3 Å². The van der Waals surface area contributed by atoms with Gasteiger partial charge in [-0.15, -0.1) is 0 Å². The zero-order chi connectivity index (χ0) is 28.6. The molecule has 2 heterocycles. The van der Waals surface area contributed by atoms with E-state index in [1.54, 1.807) is 24.3 Å². The van der Waals surface area contributed by atoms with Crippen LogP contribution in [0.3, 0.4) is 0 Å². The molecule has 4 amide bonds. The second-order valence-electron chi connectivity index (χ2n) is 8.74. The maximum absolute atomic E-state index is 13.0. The van der Waals surface area contributed by atoms with Crippen molar-refractivity contribution in [3.63, 3.8) is 0 Å². The lowest BCUT2D eigenvalue weighted by atomic mass is 9.87. The van der Waals surface area contributed by atoms with Crippen molar-refractivity contribution in [2.45, 2.75) is 0 Å². The van der Waals surface area contributed by atoms with E-state index < -0.39 is 35.6 Å². The van der Waals surface area contributed by atoms with Gasteiger partial charge in [0.2, 0.25) is 0 Å². The van der Waals surface area contributed by atoms with Crippen LogP contribution < -0.4 is 10.6 Å². The number of imide groups is 2. The van der Waals surface area contributed by atoms with E-state index in [-0.39, 0.29) is 57.7 Å². The van der Waals surface area contributed by atoms with Gasteiger partial charge in [0.05, 0.1) is 33.4 Å². The van der Waals surface area contributed by atoms with Crippen molar-refractivity contribution < 1.29 is 38.2 Å². The Labute approximate surface area is 227 Å². The number of hydrogen-bond donors (Lipinski definition) is 2. The van der Waals surface area contributed by atoms with E-state index in [0.717, 1.165) is 0 Å². The third-order valence-electron chi connectivity index (χ3n) is 6.35. The fourth-order valence-corrected chi connectivity index (χ4v) is 4.72. The molecule has 0 saturated heterocycles. The first kappa shape index (κ1) is 26.0. The predicted octanol–water partition coefficient (Wildman–Crippen LogP) is 3.47. The summed E-state index contributed by atoms with van der Waals surface area (Å²) >= 11 is 0. The van der Waals surface area contributed by atoms with Gasteiger partial charge in [-0.2, -0.15) is 0 Å². The van der Waals surface area contributed by atoms with Crippen molar-refractivity contribution in [2.75, 3.05) is 13.2 Å². The Hall–Kier alpha value is -5.64. The molecule has 0 aromatic heterocycles. The minimum Gasteiger partial charge on any atom is -0.458 e. The Kier molecular flexibility index (Phi) is 6.66. The van der Waals surface area contributed by atoms with Crippen molar-refractivity contribution in [1.29, 1.82) is 0 Å². The van der Waals surface area contributed by atoms with E-state index in [0.29, 0.717) is 11.1 Å². The molecule has 0 aliphatic carbocycles. The molecule has 2 aliphatic rings. The van der Waals surface area contributed by atoms with Gasteiger partial charge in [-0.1, -0.05) is 43.5 Å². The van der Waals surface area contributed by atoms with Crippen molar-refractivity contribution in [2.24, 2.45) is 0 Å². The quantitative estimate of drug-likeness (QED) is 0.253. The van der Waals surface area contributed by atoms with E-state index in [4.69, 9.17) is 9.47 Å². The Balaban J connectivity index is 1.76. The highest BCUT2D eigenvalue weighted by Crippen LogP contribution is 2.38. The number of hydrogen-bond acceptors (Lipinski definition) is 8. The van der Waals surface area contributed by atoms with Gasteiger partial charge in [-0.25, -0.2) is 9.59 Å². The maximum atomic E-state index is 13.0. The molecule has 0 bridgehead atoms. The first-order valence-electron chi connectivity index (χ1n) is 12.0. The van der Waals surface area contributed by atoms with Crippen LogP contribution in [0.2, 0.25) is 0 Å². The van der Waals surface area contributed by atoms with E-state index in [2.05, 4.69) is 23.8 Å². The van der Waals surface area contributed by atoms with Crippen LogP contribution in [0.4, 0.5) is 0 Å². The smallest absolute Gasteiger partial charge is 0.339 e. The van der Waals surface area contributed by atoms with Crippen molar-refractivity contribution >= 4 is 35.6 Å². The van der Waals surface area contributed by atoms with E-state index in [1.807, 2.05) is 0 Å². The monoisotopic (exact) mass is 536 g/mol. The number of amides is 4. The number of fused-ring (bicyclic) bond motifs is 2. The molecule has 0 unspecified atom stereocenters. The Morgan fingerprint density at radius 1 is 0.625 bits per heavy atom. The molecule has 2 N–H and O–H groups in total. The number of ether oxygens (including phenoxy) is 2. The molecule has 0 radical (unpaired) electrons. The largest absolute Gasteiger partial charge is 0.458 e. The van der Waals surface area contributed by atoms with Gasteiger partial charge >= 0.3 is 11.9 Å². The van der Waals surface area contributed by atoms with Crippen LogP contribution >= 0.6 is 0 Å². The standard InChI is InChI=1S/C30H20N2O8/c1-3-12-39-29(37)19-10-8-17-23(27(35)31-25(17)33)21(19)15-6-5-7-16(14-15)22-20(30(38)40-13-4-2)11-9-18-24(22)28(36)32-26(18)34/h3-11,14H,1-2,12-13H2,(H,31,33,35)(H,32,34,36). The van der Waals surface area contributed by atoms with Gasteiger partial charge in [-0.3, -0.25) is 29.8 Å². The first-order valence-corrected chi connectivity index (χ1v) is 12.0. The normalized spacial score (nSPS) is 13.2. The van der Waals surface area contributed by atoms with Gasteiger partial charge < -0.3 is 9.47 Å². The Bertz CT molecular complexity index is 1580. The fraction of sp³-hybridized carbons (Fsp3) is 0.0667. The van der Waals surface area contributed by atoms with E-state index in [1.165, 1.54) is 36.4 Å². The number of benzene rings is 3. The number of rotatable bonds is 8. The average Bonchev–Trinajstić information content (AvgIpc) is 3.42. The van der Waals surface area contributed by atoms with Crippen molar-refractivity contribution in [3.05, 3.63) is 107 Å². The van der Waals surface area contributed by atoms with Crippen LogP contribution in [-0.2, 0) is 9.47 Å². The predicted molar refractivity (Wildman–Crippen MR) is 142 cm³/mol. The molecule has 5 rings (SSSR count). The summed E-state index contributed by atoms with van der Waals surface area (Å²) in [4.78, 5) is 76.4. The van der Waals surface area contributed by atoms with Crippen LogP contribution in [0.5, 0.6) is 0 Å². The zero-order valence-corrected chi connectivity index (χ0v) is 20.9. The molecule has 10 nitrogen and oxygen atoms in total. The molecule has 40 heavy (non-hydrogen) atoms. The number of esters is 2. The molecule has 3 aromatic rings. The summed E-state index contributed by atoms with van der Waals surface area (Å²) < 4.78 is 10.4. The van der Waals surface area contributed by atoms with Crippen LogP contribution in [0.15, 0.2) is 73.8 Å². The van der Waals surface area contributed by atoms with Gasteiger partial charge in [0.25, 0.3) is 23.6 Å². The SMILES string of the molecule is C=CCOC(=O)c1ccc2c(c1-c1cccc(-c3c(C(=O)OCC=C)ccc4c3C(=O)NC4=O)c1)C(=O)NC2=O. The average molecular weight is 536 g/mol. The van der Waals surface area contributed by atoms with Crippen molar-refractivity contribution in [1.82, 2.24) is 10.6 Å². The second kappa shape index (κ2) is 10.3. The molecular formula is C30H20N2O8. The summed E-state index contributed by atoms with van der Waals surface area (Å²) in [7, 11) is 0. The zero-order valence-electron chi connectivity index (χ0n) is 20.9.